The lowest BCUT2D eigenvalue weighted by Gasteiger charge is -2.14. The summed E-state index contributed by atoms with van der Waals surface area (Å²) in [6.07, 6.45) is 4.94. The lowest BCUT2D eigenvalue weighted by Crippen LogP contribution is -2.27. The number of aryl methyl sites for hydroxylation is 3. The molecule has 0 aliphatic carbocycles. The standard InChI is InChI=1S/C26H29N3O2S2/c1-2-3-7-20-10-12-21(13-11-20)27-23(30)18-33-26-28-22-15-17-32-24(22)25(31)29(26)16-14-19-8-5-4-6-9-19/h4-6,8-13H,2-3,7,14-18H2,1H3,(H,27,30). The molecule has 0 fully saturated rings. The topological polar surface area (TPSA) is 64.0 Å². The Morgan fingerprint density at radius 2 is 1.85 bits per heavy atom. The number of nitrogens with zero attached hydrogens (tertiary/aromatic N) is 2. The van der Waals surface area contributed by atoms with E-state index < -0.39 is 0 Å². The molecule has 0 bridgehead atoms. The second-order valence-corrected chi connectivity index (χ2v) is 10.1. The number of anilines is 1. The van der Waals surface area contributed by atoms with Gasteiger partial charge in [-0.1, -0.05) is 67.6 Å². The second kappa shape index (κ2) is 11.6. The van der Waals surface area contributed by atoms with E-state index in [1.54, 1.807) is 16.3 Å². The van der Waals surface area contributed by atoms with Crippen LogP contribution in [0.5, 0.6) is 0 Å². The Morgan fingerprint density at radius 3 is 2.61 bits per heavy atom. The minimum absolute atomic E-state index is 0.0176. The van der Waals surface area contributed by atoms with Crippen LogP contribution in [0.3, 0.4) is 0 Å². The predicted octanol–water partition coefficient (Wildman–Crippen LogP) is 5.21. The second-order valence-electron chi connectivity index (χ2n) is 8.10. The van der Waals surface area contributed by atoms with Crippen LogP contribution in [0, 0.1) is 0 Å². The average Bonchev–Trinajstić information content (AvgIpc) is 3.31. The molecule has 1 aliphatic rings. The van der Waals surface area contributed by atoms with Gasteiger partial charge in [0.25, 0.3) is 5.56 Å². The maximum absolute atomic E-state index is 13.1. The van der Waals surface area contributed by atoms with Crippen LogP contribution in [-0.2, 0) is 30.6 Å². The van der Waals surface area contributed by atoms with Gasteiger partial charge in [-0.2, -0.15) is 0 Å². The molecule has 0 atom stereocenters. The molecule has 3 aromatic rings. The Hall–Kier alpha value is -2.51. The van der Waals surface area contributed by atoms with Gasteiger partial charge < -0.3 is 5.32 Å². The molecule has 2 aromatic carbocycles. The van der Waals surface area contributed by atoms with Gasteiger partial charge in [-0.3, -0.25) is 14.2 Å². The van der Waals surface area contributed by atoms with Crippen molar-refractivity contribution >= 4 is 35.1 Å². The Balaban J connectivity index is 1.42. The molecule has 1 aromatic heterocycles. The van der Waals surface area contributed by atoms with E-state index >= 15 is 0 Å². The number of fused-ring (bicyclic) bond motifs is 1. The van der Waals surface area contributed by atoms with Gasteiger partial charge in [0.15, 0.2) is 5.16 Å². The molecule has 0 saturated heterocycles. The average molecular weight is 480 g/mol. The number of carbonyl (C=O) groups is 1. The molecule has 5 nitrogen and oxygen atoms in total. The highest BCUT2D eigenvalue weighted by molar-refractivity contribution is 8.00. The summed E-state index contributed by atoms with van der Waals surface area (Å²) in [6.45, 7) is 2.73. The number of benzene rings is 2. The maximum Gasteiger partial charge on any atom is 0.268 e. The maximum atomic E-state index is 13.1. The zero-order valence-electron chi connectivity index (χ0n) is 18.9. The Labute approximate surface area is 203 Å². The van der Waals surface area contributed by atoms with Crippen LogP contribution in [0.4, 0.5) is 5.69 Å². The lowest BCUT2D eigenvalue weighted by molar-refractivity contribution is -0.113. The quantitative estimate of drug-likeness (QED) is 0.320. The van der Waals surface area contributed by atoms with E-state index in [0.717, 1.165) is 41.3 Å². The minimum Gasteiger partial charge on any atom is -0.325 e. The van der Waals surface area contributed by atoms with Gasteiger partial charge in [0, 0.05) is 24.4 Å². The van der Waals surface area contributed by atoms with Gasteiger partial charge in [0.05, 0.1) is 16.3 Å². The first-order valence-electron chi connectivity index (χ1n) is 11.5. The Bertz CT molecular complexity index is 1140. The molecule has 1 amide bonds. The van der Waals surface area contributed by atoms with Gasteiger partial charge in [-0.15, -0.1) is 11.8 Å². The number of unbranched alkanes of at least 4 members (excludes halogenated alkanes) is 1. The summed E-state index contributed by atoms with van der Waals surface area (Å²) in [5, 5.41) is 3.59. The zero-order valence-corrected chi connectivity index (χ0v) is 20.5. The summed E-state index contributed by atoms with van der Waals surface area (Å²) in [7, 11) is 0. The first kappa shape index (κ1) is 23.6. The molecule has 0 saturated carbocycles. The predicted molar refractivity (Wildman–Crippen MR) is 137 cm³/mol. The number of amides is 1. The van der Waals surface area contributed by atoms with Crippen LogP contribution in [0.1, 0.15) is 36.6 Å². The fourth-order valence-electron chi connectivity index (χ4n) is 3.78. The van der Waals surface area contributed by atoms with Crippen molar-refractivity contribution in [3.05, 3.63) is 81.8 Å². The molecule has 0 spiro atoms. The molecular formula is C26H29N3O2S2. The van der Waals surface area contributed by atoms with E-state index in [-0.39, 0.29) is 17.2 Å². The van der Waals surface area contributed by atoms with Crippen LogP contribution >= 0.6 is 23.5 Å². The van der Waals surface area contributed by atoms with Crippen LogP contribution in [0.25, 0.3) is 0 Å². The van der Waals surface area contributed by atoms with Gasteiger partial charge >= 0.3 is 0 Å². The van der Waals surface area contributed by atoms with E-state index in [1.165, 1.54) is 35.7 Å². The van der Waals surface area contributed by atoms with Gasteiger partial charge in [0.2, 0.25) is 5.91 Å². The monoisotopic (exact) mass is 479 g/mol. The highest BCUT2D eigenvalue weighted by Crippen LogP contribution is 2.29. The molecule has 172 valence electrons. The van der Waals surface area contributed by atoms with E-state index in [0.29, 0.717) is 11.7 Å². The number of aromatic nitrogens is 2. The zero-order chi connectivity index (χ0) is 23.0. The first-order valence-corrected chi connectivity index (χ1v) is 13.4. The fraction of sp³-hybridized carbons (Fsp3) is 0.346. The summed E-state index contributed by atoms with van der Waals surface area (Å²) in [4.78, 5) is 31.3. The van der Waals surface area contributed by atoms with E-state index in [2.05, 4.69) is 36.5 Å². The van der Waals surface area contributed by atoms with E-state index in [9.17, 15) is 9.59 Å². The number of carbonyl (C=O) groups excluding carboxylic acids is 1. The Kier molecular flexibility index (Phi) is 8.29. The highest BCUT2D eigenvalue weighted by Gasteiger charge is 2.22. The van der Waals surface area contributed by atoms with Crippen molar-refractivity contribution in [1.29, 1.82) is 0 Å². The molecule has 4 rings (SSSR count). The van der Waals surface area contributed by atoms with Crippen LogP contribution in [0.15, 0.2) is 69.4 Å². The van der Waals surface area contributed by atoms with Crippen molar-refractivity contribution in [3.8, 4) is 0 Å². The number of hydrogen-bond acceptors (Lipinski definition) is 5. The molecule has 1 aliphatic heterocycles. The van der Waals surface area contributed by atoms with Crippen molar-refractivity contribution in [2.24, 2.45) is 0 Å². The third kappa shape index (κ3) is 6.30. The van der Waals surface area contributed by atoms with Crippen molar-refractivity contribution in [3.63, 3.8) is 0 Å². The molecular weight excluding hydrogens is 450 g/mol. The molecule has 0 unspecified atom stereocenters. The highest BCUT2D eigenvalue weighted by atomic mass is 32.2. The number of rotatable bonds is 10. The number of nitrogens with one attached hydrogen (secondary N) is 1. The number of hydrogen-bond donors (Lipinski definition) is 1. The van der Waals surface area contributed by atoms with Gasteiger partial charge in [0.1, 0.15) is 0 Å². The largest absolute Gasteiger partial charge is 0.325 e. The Morgan fingerprint density at radius 1 is 1.09 bits per heavy atom. The summed E-state index contributed by atoms with van der Waals surface area (Å²) in [6, 6.07) is 18.2. The number of thioether (sulfide) groups is 2. The summed E-state index contributed by atoms with van der Waals surface area (Å²) < 4.78 is 1.74. The van der Waals surface area contributed by atoms with E-state index in [4.69, 9.17) is 4.98 Å². The van der Waals surface area contributed by atoms with Crippen LogP contribution in [-0.4, -0.2) is 27.0 Å². The van der Waals surface area contributed by atoms with Crippen LogP contribution < -0.4 is 10.9 Å². The fourth-order valence-corrected chi connectivity index (χ4v) is 5.66. The normalized spacial score (nSPS) is 12.5. The molecule has 0 radical (unpaired) electrons. The molecule has 7 heteroatoms. The molecule has 2 heterocycles. The van der Waals surface area contributed by atoms with Crippen molar-refractivity contribution in [2.45, 2.75) is 55.6 Å². The van der Waals surface area contributed by atoms with Crippen molar-refractivity contribution in [2.75, 3.05) is 16.8 Å². The SMILES string of the molecule is CCCCc1ccc(NC(=O)CSc2nc3c(c(=O)n2CCc2ccccc2)SCC3)cc1. The minimum atomic E-state index is -0.0972. The van der Waals surface area contributed by atoms with E-state index in [1.807, 2.05) is 30.3 Å². The summed E-state index contributed by atoms with van der Waals surface area (Å²) in [5.74, 6) is 1.00. The van der Waals surface area contributed by atoms with Crippen molar-refractivity contribution in [1.82, 2.24) is 9.55 Å². The van der Waals surface area contributed by atoms with Gasteiger partial charge in [-0.05, 0) is 42.5 Å². The van der Waals surface area contributed by atoms with Crippen LogP contribution in [0.2, 0.25) is 0 Å². The van der Waals surface area contributed by atoms with Crippen molar-refractivity contribution < 1.29 is 4.79 Å². The summed E-state index contributed by atoms with van der Waals surface area (Å²) >= 11 is 2.92. The molecule has 1 N–H and O–H groups in total. The summed E-state index contributed by atoms with van der Waals surface area (Å²) in [5.41, 5.74) is 4.14. The first-order chi connectivity index (χ1) is 16.1. The smallest absolute Gasteiger partial charge is 0.268 e. The lowest BCUT2D eigenvalue weighted by atomic mass is 10.1. The van der Waals surface area contributed by atoms with Gasteiger partial charge in [-0.25, -0.2) is 4.98 Å². The third-order valence-corrected chi connectivity index (χ3v) is 7.69. The third-order valence-electron chi connectivity index (χ3n) is 5.60. The molecule has 33 heavy (non-hydrogen) atoms.